The van der Waals surface area contributed by atoms with Crippen LogP contribution in [-0.4, -0.2) is 4.98 Å². The predicted octanol–water partition coefficient (Wildman–Crippen LogP) is 6.64. The molecule has 0 aliphatic heterocycles. The summed E-state index contributed by atoms with van der Waals surface area (Å²) in [7, 11) is 0. The number of benzene rings is 3. The van der Waals surface area contributed by atoms with Gasteiger partial charge in [-0.15, -0.1) is 0 Å². The number of nitrogens with one attached hydrogen (secondary N) is 1. The number of aromatic nitrogens is 1. The lowest BCUT2D eigenvalue weighted by atomic mass is 10.1. The summed E-state index contributed by atoms with van der Waals surface area (Å²) < 4.78 is 2.04. The Labute approximate surface area is 168 Å². The quantitative estimate of drug-likeness (QED) is 0.181. The Bertz CT molecular complexity index is 960. The molecule has 0 unspecified atom stereocenters. The van der Waals surface area contributed by atoms with Crippen molar-refractivity contribution in [3.8, 4) is 0 Å². The Kier molecular flexibility index (Phi) is 4.45. The van der Waals surface area contributed by atoms with Gasteiger partial charge < -0.3 is 5.32 Å². The number of fused-ring (bicyclic) bond motifs is 2. The lowest BCUT2D eigenvalue weighted by Crippen LogP contribution is -1.96. The van der Waals surface area contributed by atoms with Gasteiger partial charge in [-0.1, -0.05) is 36.4 Å². The molecule has 3 aromatic carbocycles. The fraction of sp³-hybridized carbons (Fsp3) is 0. The molecule has 5 heteroatoms. The van der Waals surface area contributed by atoms with Crippen molar-refractivity contribution in [1.29, 1.82) is 0 Å². The van der Waals surface area contributed by atoms with Crippen molar-refractivity contribution in [2.24, 2.45) is 0 Å². The molecule has 0 bridgehead atoms. The number of anilines is 3. The number of hydrogen-bond acceptors (Lipinski definition) is 3. The Morgan fingerprint density at radius 2 is 1.25 bits per heavy atom. The summed E-state index contributed by atoms with van der Waals surface area (Å²) in [6, 6.07) is 24.9. The van der Waals surface area contributed by atoms with Gasteiger partial charge in [0.15, 0.2) is 0 Å². The fourth-order valence-corrected chi connectivity index (χ4v) is 3.42. The first-order chi connectivity index (χ1) is 11.7. The Balaban J connectivity index is 1.87. The Morgan fingerprint density at radius 3 is 1.79 bits per heavy atom. The van der Waals surface area contributed by atoms with E-state index in [2.05, 4.69) is 112 Å². The second kappa shape index (κ2) is 6.72. The maximum atomic E-state index is 4.77. The molecule has 1 heterocycles. The van der Waals surface area contributed by atoms with Crippen molar-refractivity contribution >= 4 is 84.6 Å². The lowest BCUT2D eigenvalue weighted by Gasteiger charge is -2.14. The molecule has 0 atom stereocenters. The number of hydrogen-bond donors (Lipinski definition) is 1. The van der Waals surface area contributed by atoms with Crippen molar-refractivity contribution in [3.63, 3.8) is 0 Å². The number of rotatable bonds is 3. The summed E-state index contributed by atoms with van der Waals surface area (Å²) in [4.78, 5) is 4.77. The minimum absolute atomic E-state index is 1.00. The maximum absolute atomic E-state index is 4.77. The highest BCUT2D eigenvalue weighted by molar-refractivity contribution is 14.2. The van der Waals surface area contributed by atoms with E-state index in [1.54, 1.807) is 0 Å². The van der Waals surface area contributed by atoms with Crippen LogP contribution in [0.5, 0.6) is 0 Å². The topological polar surface area (TPSA) is 28.2 Å². The summed E-state index contributed by atoms with van der Waals surface area (Å²) in [6.07, 6.45) is 0. The second-order valence-corrected chi connectivity index (χ2v) is 9.20. The van der Waals surface area contributed by atoms with Gasteiger partial charge in [0.1, 0.15) is 0 Å². The van der Waals surface area contributed by atoms with E-state index in [4.69, 9.17) is 4.98 Å². The van der Waals surface area contributed by atoms with E-state index in [9.17, 15) is 0 Å². The normalized spacial score (nSPS) is 10.9. The third kappa shape index (κ3) is 3.02. The van der Waals surface area contributed by atoms with Crippen molar-refractivity contribution in [3.05, 3.63) is 72.8 Å². The van der Waals surface area contributed by atoms with Crippen LogP contribution in [0.1, 0.15) is 0 Å². The zero-order valence-corrected chi connectivity index (χ0v) is 16.9. The van der Waals surface area contributed by atoms with Crippen molar-refractivity contribution in [1.82, 2.24) is 4.98 Å². The van der Waals surface area contributed by atoms with E-state index in [1.165, 1.54) is 0 Å². The Morgan fingerprint density at radius 1 is 0.708 bits per heavy atom. The first kappa shape index (κ1) is 15.9. The molecule has 3 nitrogen and oxygen atoms in total. The molecule has 0 amide bonds. The van der Waals surface area contributed by atoms with Gasteiger partial charge in [0.25, 0.3) is 0 Å². The molecular formula is C19H13I2N3. The van der Waals surface area contributed by atoms with E-state index in [0.29, 0.717) is 0 Å². The second-order valence-electron chi connectivity index (χ2n) is 5.43. The van der Waals surface area contributed by atoms with E-state index in [0.717, 1.165) is 38.9 Å². The number of nitrogens with zero attached hydrogens (tertiary/aromatic N) is 2. The van der Waals surface area contributed by atoms with Gasteiger partial charge in [-0.25, -0.2) is 4.98 Å². The standard InChI is InChI=1S/C19H13I2N3/c20-24(21)14-11-9-13(10-12-14)22-19-15-5-1-3-7-17(15)23-18-8-4-2-6-16(18)19/h1-12H,(H,22,23). The average molecular weight is 537 g/mol. The van der Waals surface area contributed by atoms with Crippen LogP contribution in [0.15, 0.2) is 72.8 Å². The van der Waals surface area contributed by atoms with Crippen molar-refractivity contribution < 1.29 is 0 Å². The molecule has 1 aromatic heterocycles. The molecular weight excluding hydrogens is 524 g/mol. The average Bonchev–Trinajstić information content (AvgIpc) is 2.62. The van der Waals surface area contributed by atoms with Gasteiger partial charge in [0.05, 0.1) is 68.1 Å². The molecule has 0 saturated heterocycles. The van der Waals surface area contributed by atoms with E-state index >= 15 is 0 Å². The number of halogens is 2. The number of pyridine rings is 1. The Hall–Kier alpha value is -1.61. The van der Waals surface area contributed by atoms with Gasteiger partial charge in [0, 0.05) is 16.5 Å². The summed E-state index contributed by atoms with van der Waals surface area (Å²) in [5, 5.41) is 5.85. The molecule has 0 radical (unpaired) electrons. The van der Waals surface area contributed by atoms with Crippen LogP contribution in [0.4, 0.5) is 17.1 Å². The smallest absolute Gasteiger partial charge is 0.0730 e. The van der Waals surface area contributed by atoms with Gasteiger partial charge in [0.2, 0.25) is 0 Å². The zero-order valence-electron chi connectivity index (χ0n) is 12.6. The summed E-state index contributed by atoms with van der Waals surface area (Å²) in [5.41, 5.74) is 5.33. The largest absolute Gasteiger partial charge is 0.354 e. The van der Waals surface area contributed by atoms with Crippen molar-refractivity contribution in [2.45, 2.75) is 0 Å². The molecule has 24 heavy (non-hydrogen) atoms. The van der Waals surface area contributed by atoms with Crippen LogP contribution in [0.2, 0.25) is 0 Å². The molecule has 0 aliphatic carbocycles. The van der Waals surface area contributed by atoms with Gasteiger partial charge in [-0.3, -0.25) is 1.33 Å². The van der Waals surface area contributed by atoms with Crippen LogP contribution in [0.25, 0.3) is 21.8 Å². The highest BCUT2D eigenvalue weighted by Gasteiger charge is 2.09. The van der Waals surface area contributed by atoms with E-state index in [-0.39, 0.29) is 0 Å². The molecule has 4 aromatic rings. The van der Waals surface area contributed by atoms with Crippen LogP contribution in [0.3, 0.4) is 0 Å². The zero-order chi connectivity index (χ0) is 16.5. The lowest BCUT2D eigenvalue weighted by molar-refractivity contribution is 1.48. The van der Waals surface area contributed by atoms with E-state index < -0.39 is 0 Å². The molecule has 118 valence electrons. The maximum Gasteiger partial charge on any atom is 0.0730 e. The highest BCUT2D eigenvalue weighted by atomic mass is 127. The monoisotopic (exact) mass is 537 g/mol. The molecule has 0 aliphatic rings. The minimum Gasteiger partial charge on any atom is -0.354 e. The van der Waals surface area contributed by atoms with Crippen LogP contribution in [0, 0.1) is 0 Å². The van der Waals surface area contributed by atoms with Crippen molar-refractivity contribution in [2.75, 3.05) is 6.64 Å². The van der Waals surface area contributed by atoms with Gasteiger partial charge in [-0.05, 0) is 36.4 Å². The van der Waals surface area contributed by atoms with Gasteiger partial charge >= 0.3 is 0 Å². The summed E-state index contributed by atoms with van der Waals surface area (Å²) >= 11 is 4.52. The fourth-order valence-electron chi connectivity index (χ4n) is 2.78. The first-order valence-corrected chi connectivity index (χ1v) is 9.41. The summed E-state index contributed by atoms with van der Waals surface area (Å²) in [5.74, 6) is 0. The predicted molar refractivity (Wildman–Crippen MR) is 119 cm³/mol. The third-order valence-corrected chi connectivity index (χ3v) is 5.03. The van der Waals surface area contributed by atoms with Crippen LogP contribution >= 0.6 is 45.7 Å². The highest BCUT2D eigenvalue weighted by Crippen LogP contribution is 2.33. The molecule has 0 fully saturated rings. The molecule has 4 rings (SSSR count). The molecule has 0 spiro atoms. The first-order valence-electron chi connectivity index (χ1n) is 7.48. The summed E-state index contributed by atoms with van der Waals surface area (Å²) in [6.45, 7) is 0. The van der Waals surface area contributed by atoms with E-state index in [1.807, 2.05) is 13.5 Å². The molecule has 0 saturated carbocycles. The SMILES string of the molecule is IN(I)c1ccc(Nc2c3ccccc3nc3ccccc23)cc1. The van der Waals surface area contributed by atoms with Crippen LogP contribution < -0.4 is 6.64 Å². The molecule has 1 N–H and O–H groups in total. The number of para-hydroxylation sites is 2. The third-order valence-electron chi connectivity index (χ3n) is 3.92. The van der Waals surface area contributed by atoms with Crippen LogP contribution in [-0.2, 0) is 0 Å². The minimum atomic E-state index is 1.00. The van der Waals surface area contributed by atoms with Gasteiger partial charge in [-0.2, -0.15) is 0 Å².